The molecule has 26 heavy (non-hydrogen) atoms. The van der Waals surface area contributed by atoms with E-state index in [2.05, 4.69) is 0 Å². The van der Waals surface area contributed by atoms with Gasteiger partial charge in [-0.2, -0.15) is 22.0 Å². The SMILES string of the molecule is OC1(OC2CCC(F)(F)CC2)c2c(cccc2SC(F)(F)F)CC1(F)F. The third kappa shape index (κ3) is 3.68. The molecular weight excluding hydrogens is 389 g/mol. The van der Waals surface area contributed by atoms with Crippen molar-refractivity contribution in [3.63, 3.8) is 0 Å². The van der Waals surface area contributed by atoms with E-state index in [1.165, 1.54) is 12.1 Å². The van der Waals surface area contributed by atoms with Crippen molar-refractivity contribution in [1.82, 2.24) is 0 Å². The van der Waals surface area contributed by atoms with E-state index in [9.17, 15) is 35.8 Å². The maximum atomic E-state index is 14.5. The number of benzene rings is 1. The van der Waals surface area contributed by atoms with Crippen LogP contribution in [0.1, 0.15) is 36.8 Å². The third-order valence-electron chi connectivity index (χ3n) is 4.59. The van der Waals surface area contributed by atoms with E-state index in [-0.39, 0.29) is 18.4 Å². The number of hydrogen-bond donors (Lipinski definition) is 1. The predicted octanol–water partition coefficient (Wildman–Crippen LogP) is 5.23. The summed E-state index contributed by atoms with van der Waals surface area (Å²) < 4.78 is 98.9. The molecule has 0 radical (unpaired) electrons. The number of halogens is 7. The largest absolute Gasteiger partial charge is 0.446 e. The van der Waals surface area contributed by atoms with E-state index in [1.807, 2.05) is 0 Å². The van der Waals surface area contributed by atoms with Gasteiger partial charge in [-0.25, -0.2) is 8.78 Å². The topological polar surface area (TPSA) is 29.5 Å². The van der Waals surface area contributed by atoms with Crippen molar-refractivity contribution in [2.45, 2.75) is 66.2 Å². The van der Waals surface area contributed by atoms with Crippen molar-refractivity contribution in [3.8, 4) is 0 Å². The monoisotopic (exact) mass is 404 g/mol. The Labute approximate surface area is 148 Å². The number of ether oxygens (including phenoxy) is 1. The highest BCUT2D eigenvalue weighted by molar-refractivity contribution is 8.00. The second-order valence-electron chi connectivity index (χ2n) is 6.54. The van der Waals surface area contributed by atoms with Crippen LogP contribution in [0, 0.1) is 0 Å². The maximum Gasteiger partial charge on any atom is 0.446 e. The first-order valence-electron chi connectivity index (χ1n) is 7.87. The van der Waals surface area contributed by atoms with Gasteiger partial charge in [0, 0.05) is 29.7 Å². The van der Waals surface area contributed by atoms with Gasteiger partial charge in [0.05, 0.1) is 6.10 Å². The molecule has 10 heteroatoms. The first-order chi connectivity index (χ1) is 11.8. The fourth-order valence-electron chi connectivity index (χ4n) is 3.38. The Balaban J connectivity index is 1.94. The van der Waals surface area contributed by atoms with Crippen LogP contribution in [0.4, 0.5) is 30.7 Å². The Morgan fingerprint density at radius 2 is 1.69 bits per heavy atom. The molecule has 2 aliphatic rings. The predicted molar refractivity (Wildman–Crippen MR) is 79.2 cm³/mol. The fraction of sp³-hybridized carbons (Fsp3) is 0.625. The summed E-state index contributed by atoms with van der Waals surface area (Å²) in [6.07, 6.45) is -3.81. The quantitative estimate of drug-likeness (QED) is 0.425. The van der Waals surface area contributed by atoms with Gasteiger partial charge in [-0.1, -0.05) is 12.1 Å². The number of thioether (sulfide) groups is 1. The standard InChI is InChI=1S/C16H15F7O2S/c17-13(18)6-4-10(5-7-13)25-15(24)12-9(8-14(15,19)20)2-1-3-11(12)26-16(21,22)23/h1-3,10,24H,4-8H2. The number of fused-ring (bicyclic) bond motifs is 1. The van der Waals surface area contributed by atoms with E-state index in [1.54, 1.807) is 0 Å². The van der Waals surface area contributed by atoms with Crippen LogP contribution in [0.2, 0.25) is 0 Å². The molecule has 1 fully saturated rings. The molecule has 2 aliphatic carbocycles. The summed E-state index contributed by atoms with van der Waals surface area (Å²) >= 11 is -0.622. The minimum absolute atomic E-state index is 0.159. The second-order valence-corrected chi connectivity index (χ2v) is 7.64. The summed E-state index contributed by atoms with van der Waals surface area (Å²) in [7, 11) is 0. The molecule has 0 heterocycles. The summed E-state index contributed by atoms with van der Waals surface area (Å²) in [5.41, 5.74) is -5.54. The zero-order chi connectivity index (χ0) is 19.4. The average Bonchev–Trinajstić information content (AvgIpc) is 2.67. The van der Waals surface area contributed by atoms with Crippen LogP contribution < -0.4 is 0 Å². The zero-order valence-corrected chi connectivity index (χ0v) is 14.1. The highest BCUT2D eigenvalue weighted by atomic mass is 32.2. The van der Waals surface area contributed by atoms with Gasteiger partial charge in [0.1, 0.15) is 0 Å². The van der Waals surface area contributed by atoms with Crippen molar-refractivity contribution in [2.75, 3.05) is 0 Å². The van der Waals surface area contributed by atoms with E-state index in [0.717, 1.165) is 6.07 Å². The second kappa shape index (κ2) is 6.27. The summed E-state index contributed by atoms with van der Waals surface area (Å²) in [6, 6.07) is 3.36. The normalized spacial score (nSPS) is 28.2. The van der Waals surface area contributed by atoms with E-state index >= 15 is 0 Å². The molecule has 1 aromatic carbocycles. The van der Waals surface area contributed by atoms with Crippen LogP contribution in [0.25, 0.3) is 0 Å². The lowest BCUT2D eigenvalue weighted by molar-refractivity contribution is -0.340. The molecule has 0 spiro atoms. The van der Waals surface area contributed by atoms with Crippen LogP contribution in [0.15, 0.2) is 23.1 Å². The number of rotatable bonds is 3. The van der Waals surface area contributed by atoms with Gasteiger partial charge < -0.3 is 9.84 Å². The van der Waals surface area contributed by atoms with Crippen LogP contribution >= 0.6 is 11.8 Å². The smallest absolute Gasteiger partial charge is 0.357 e. The Hall–Kier alpha value is -1.00. The van der Waals surface area contributed by atoms with Crippen molar-refractivity contribution in [3.05, 3.63) is 29.3 Å². The van der Waals surface area contributed by atoms with Gasteiger partial charge in [-0.3, -0.25) is 0 Å². The van der Waals surface area contributed by atoms with Gasteiger partial charge in [-0.15, -0.1) is 0 Å². The Morgan fingerprint density at radius 3 is 2.27 bits per heavy atom. The molecule has 0 saturated heterocycles. The van der Waals surface area contributed by atoms with E-state index in [4.69, 9.17) is 4.74 Å². The van der Waals surface area contributed by atoms with E-state index < -0.39 is 70.7 Å². The van der Waals surface area contributed by atoms with Crippen molar-refractivity contribution < 1.29 is 40.6 Å². The van der Waals surface area contributed by atoms with Crippen molar-refractivity contribution in [2.24, 2.45) is 0 Å². The van der Waals surface area contributed by atoms with Crippen LogP contribution in [0.5, 0.6) is 0 Å². The molecule has 1 N–H and O–H groups in total. The number of hydrogen-bond acceptors (Lipinski definition) is 3. The number of alkyl halides is 7. The highest BCUT2D eigenvalue weighted by Gasteiger charge is 2.63. The molecule has 1 atom stereocenters. The average molecular weight is 404 g/mol. The molecule has 0 bridgehead atoms. The molecule has 146 valence electrons. The van der Waals surface area contributed by atoms with Crippen molar-refractivity contribution >= 4 is 11.8 Å². The fourth-order valence-corrected chi connectivity index (χ4v) is 4.15. The molecule has 1 saturated carbocycles. The lowest BCUT2D eigenvalue weighted by atomic mass is 9.93. The Morgan fingerprint density at radius 1 is 1.08 bits per heavy atom. The molecule has 1 aromatic rings. The first kappa shape index (κ1) is 19.8. The van der Waals surface area contributed by atoms with Crippen molar-refractivity contribution in [1.29, 1.82) is 0 Å². The van der Waals surface area contributed by atoms with Gasteiger partial charge >= 0.3 is 11.4 Å². The van der Waals surface area contributed by atoms with Gasteiger partial charge in [0.15, 0.2) is 0 Å². The molecular formula is C16H15F7O2S. The Bertz CT molecular complexity index is 682. The first-order valence-corrected chi connectivity index (χ1v) is 8.69. The number of aliphatic hydroxyl groups is 1. The van der Waals surface area contributed by atoms with E-state index in [0.29, 0.717) is 0 Å². The Kier molecular flexibility index (Phi) is 4.76. The summed E-state index contributed by atoms with van der Waals surface area (Å²) in [6.45, 7) is 0. The van der Waals surface area contributed by atoms with Crippen LogP contribution in [-0.2, 0) is 16.9 Å². The van der Waals surface area contributed by atoms with Gasteiger partial charge in [-0.05, 0) is 36.2 Å². The minimum Gasteiger partial charge on any atom is -0.357 e. The molecule has 1 unspecified atom stereocenters. The molecule has 0 aromatic heterocycles. The lowest BCUT2D eigenvalue weighted by Crippen LogP contribution is -2.48. The highest BCUT2D eigenvalue weighted by Crippen LogP contribution is 2.54. The third-order valence-corrected chi connectivity index (χ3v) is 5.38. The minimum atomic E-state index is -4.75. The van der Waals surface area contributed by atoms with Crippen LogP contribution in [-0.4, -0.2) is 28.6 Å². The van der Waals surface area contributed by atoms with Gasteiger partial charge in [0.2, 0.25) is 5.92 Å². The summed E-state index contributed by atoms with van der Waals surface area (Å²) in [4.78, 5) is -0.587. The molecule has 3 rings (SSSR count). The lowest BCUT2D eigenvalue weighted by Gasteiger charge is -2.37. The molecule has 0 aliphatic heterocycles. The maximum absolute atomic E-state index is 14.5. The summed E-state index contributed by atoms with van der Waals surface area (Å²) in [5.74, 6) is -10.1. The molecule has 0 amide bonds. The van der Waals surface area contributed by atoms with Crippen LogP contribution in [0.3, 0.4) is 0 Å². The zero-order valence-electron chi connectivity index (χ0n) is 13.3. The summed E-state index contributed by atoms with van der Waals surface area (Å²) in [5, 5.41) is 10.6. The molecule has 2 nitrogen and oxygen atoms in total. The van der Waals surface area contributed by atoms with Gasteiger partial charge in [0.25, 0.3) is 5.79 Å².